The molecule has 0 radical (unpaired) electrons. The monoisotopic (exact) mass is 340 g/mol. The number of aliphatic hydroxyl groups is 1. The lowest BCUT2D eigenvalue weighted by Gasteiger charge is -2.20. The molecule has 0 fully saturated rings. The Hall–Kier alpha value is -1.56. The molecule has 3 nitrogen and oxygen atoms in total. The summed E-state index contributed by atoms with van der Waals surface area (Å²) in [4.78, 5) is 4.27. The normalized spacial score (nSPS) is 12.7. The van der Waals surface area contributed by atoms with Crippen LogP contribution in [0.3, 0.4) is 0 Å². The van der Waals surface area contributed by atoms with Gasteiger partial charge in [-0.25, -0.2) is 13.8 Å². The summed E-state index contributed by atoms with van der Waals surface area (Å²) in [6.45, 7) is 4.07. The lowest BCUT2D eigenvalue weighted by molar-refractivity contribution is 0.209. The van der Waals surface area contributed by atoms with E-state index in [0.29, 0.717) is 11.3 Å². The van der Waals surface area contributed by atoms with Crippen LogP contribution in [0.4, 0.5) is 8.78 Å². The van der Waals surface area contributed by atoms with Crippen LogP contribution in [0, 0.1) is 17.6 Å². The second kappa shape index (κ2) is 7.81. The Balaban J connectivity index is 2.25. The molecule has 1 aromatic heterocycles. The fourth-order valence-electron chi connectivity index (χ4n) is 2.19. The Labute approximate surface area is 139 Å². The molecule has 0 aliphatic carbocycles. The second-order valence-corrected chi connectivity index (χ2v) is 6.07. The van der Waals surface area contributed by atoms with Crippen molar-refractivity contribution in [1.29, 1.82) is 0 Å². The predicted molar refractivity (Wildman–Crippen MR) is 87.2 cm³/mol. The van der Waals surface area contributed by atoms with Crippen molar-refractivity contribution < 1.29 is 13.9 Å². The number of aromatic nitrogens is 1. The highest BCUT2D eigenvalue weighted by molar-refractivity contribution is 6.33. The van der Waals surface area contributed by atoms with Crippen LogP contribution >= 0.6 is 11.6 Å². The maximum atomic E-state index is 13.9. The van der Waals surface area contributed by atoms with Gasteiger partial charge in [-0.2, -0.15) is 0 Å². The summed E-state index contributed by atoms with van der Waals surface area (Å²) in [6, 6.07) is 6.66. The summed E-state index contributed by atoms with van der Waals surface area (Å²) in [5, 5.41) is 12.6. The molecule has 23 heavy (non-hydrogen) atoms. The Kier molecular flexibility index (Phi) is 6.04. The summed E-state index contributed by atoms with van der Waals surface area (Å²) < 4.78 is 27.1. The molecule has 0 aliphatic heterocycles. The molecule has 0 saturated heterocycles. The van der Waals surface area contributed by atoms with E-state index in [0.717, 1.165) is 0 Å². The number of hydrogen-bond donors (Lipinski definition) is 2. The van der Waals surface area contributed by atoms with Gasteiger partial charge in [0.2, 0.25) is 0 Å². The first-order valence-electron chi connectivity index (χ1n) is 7.37. The molecule has 1 aromatic carbocycles. The molecule has 124 valence electrons. The van der Waals surface area contributed by atoms with Gasteiger partial charge >= 0.3 is 0 Å². The molecule has 1 atom stereocenters. The van der Waals surface area contributed by atoms with E-state index in [1.807, 2.05) is 13.8 Å². The Morgan fingerprint density at radius 3 is 2.57 bits per heavy atom. The number of nitrogens with one attached hydrogen (secondary N) is 1. The Bertz CT molecular complexity index is 680. The third kappa shape index (κ3) is 4.47. The molecular formula is C17H19ClF2N2O. The van der Waals surface area contributed by atoms with Gasteiger partial charge in [0.05, 0.1) is 23.0 Å². The fraction of sp³-hybridized carbons (Fsp3) is 0.353. The van der Waals surface area contributed by atoms with E-state index in [-0.39, 0.29) is 35.8 Å². The summed E-state index contributed by atoms with van der Waals surface area (Å²) >= 11 is 6.03. The van der Waals surface area contributed by atoms with Gasteiger partial charge in [0.15, 0.2) is 0 Å². The highest BCUT2D eigenvalue weighted by Gasteiger charge is 2.14. The third-order valence-corrected chi connectivity index (χ3v) is 3.97. The smallest absolute Gasteiger partial charge is 0.146 e. The van der Waals surface area contributed by atoms with Crippen molar-refractivity contribution in [2.45, 2.75) is 26.4 Å². The number of nitrogens with zero attached hydrogens (tertiary/aromatic N) is 1. The van der Waals surface area contributed by atoms with E-state index in [9.17, 15) is 13.9 Å². The summed E-state index contributed by atoms with van der Waals surface area (Å²) in [7, 11) is 0. The minimum atomic E-state index is -0.445. The van der Waals surface area contributed by atoms with Gasteiger partial charge in [-0.05, 0) is 36.2 Å². The quantitative estimate of drug-likeness (QED) is 0.841. The van der Waals surface area contributed by atoms with E-state index in [1.54, 1.807) is 0 Å². The predicted octanol–water partition coefficient (Wildman–Crippen LogP) is 3.79. The molecule has 0 bridgehead atoms. The van der Waals surface area contributed by atoms with Crippen molar-refractivity contribution in [2.75, 3.05) is 6.61 Å². The van der Waals surface area contributed by atoms with Crippen LogP contribution in [-0.2, 0) is 6.54 Å². The molecule has 1 heterocycles. The van der Waals surface area contributed by atoms with Crippen molar-refractivity contribution in [2.24, 2.45) is 5.92 Å². The van der Waals surface area contributed by atoms with Crippen molar-refractivity contribution in [3.8, 4) is 11.3 Å². The van der Waals surface area contributed by atoms with Crippen LogP contribution in [0.15, 0.2) is 30.3 Å². The first-order chi connectivity index (χ1) is 10.9. The average Bonchev–Trinajstić information content (AvgIpc) is 2.49. The number of hydrogen-bond acceptors (Lipinski definition) is 3. The van der Waals surface area contributed by atoms with Gasteiger partial charge in [-0.1, -0.05) is 25.4 Å². The van der Waals surface area contributed by atoms with Crippen LogP contribution in [-0.4, -0.2) is 22.7 Å². The summed E-state index contributed by atoms with van der Waals surface area (Å²) in [6.07, 6.45) is 0. The summed E-state index contributed by atoms with van der Waals surface area (Å²) in [5.41, 5.74) is 1.23. The minimum Gasteiger partial charge on any atom is -0.395 e. The molecule has 2 N–H and O–H groups in total. The van der Waals surface area contributed by atoms with Crippen LogP contribution in [0.25, 0.3) is 11.3 Å². The molecule has 0 saturated carbocycles. The average molecular weight is 341 g/mol. The zero-order valence-electron chi connectivity index (χ0n) is 13.0. The number of aliphatic hydroxyl groups excluding tert-OH is 1. The van der Waals surface area contributed by atoms with E-state index < -0.39 is 11.6 Å². The molecule has 0 aliphatic rings. The van der Waals surface area contributed by atoms with E-state index in [1.165, 1.54) is 30.3 Å². The molecule has 0 spiro atoms. The first-order valence-corrected chi connectivity index (χ1v) is 7.75. The standard InChI is InChI=1S/C17H19ClF2N2O/c1-10(2)17(9-23)21-8-16-14(20)5-6-15(22-16)12-4-3-11(19)7-13(12)18/h3-7,10,17,21,23H,8-9H2,1-2H3/t17-/m0/s1. The van der Waals surface area contributed by atoms with Gasteiger partial charge in [-0.15, -0.1) is 0 Å². The minimum absolute atomic E-state index is 0.0389. The summed E-state index contributed by atoms with van der Waals surface area (Å²) in [5.74, 6) is -0.678. The topological polar surface area (TPSA) is 45.1 Å². The van der Waals surface area contributed by atoms with Gasteiger partial charge in [0.25, 0.3) is 0 Å². The molecule has 6 heteroatoms. The van der Waals surface area contributed by atoms with Crippen molar-refractivity contribution >= 4 is 11.6 Å². The largest absolute Gasteiger partial charge is 0.395 e. The van der Waals surface area contributed by atoms with Crippen LogP contribution in [0.1, 0.15) is 19.5 Å². The number of pyridine rings is 1. The lowest BCUT2D eigenvalue weighted by Crippen LogP contribution is -2.36. The van der Waals surface area contributed by atoms with Gasteiger partial charge < -0.3 is 10.4 Å². The number of halogens is 3. The van der Waals surface area contributed by atoms with Crippen LogP contribution in [0.2, 0.25) is 5.02 Å². The molecular weight excluding hydrogens is 322 g/mol. The fourth-order valence-corrected chi connectivity index (χ4v) is 2.46. The van der Waals surface area contributed by atoms with Crippen molar-refractivity contribution in [1.82, 2.24) is 10.3 Å². The first kappa shape index (κ1) is 17.8. The number of benzene rings is 1. The SMILES string of the molecule is CC(C)[C@H](CO)NCc1nc(-c2ccc(F)cc2Cl)ccc1F. The van der Waals surface area contributed by atoms with Gasteiger partial charge in [0.1, 0.15) is 11.6 Å². The second-order valence-electron chi connectivity index (χ2n) is 5.66. The zero-order valence-corrected chi connectivity index (χ0v) is 13.7. The van der Waals surface area contributed by atoms with E-state index in [2.05, 4.69) is 10.3 Å². The lowest BCUT2D eigenvalue weighted by atomic mass is 10.1. The maximum Gasteiger partial charge on any atom is 0.146 e. The van der Waals surface area contributed by atoms with Crippen molar-refractivity contribution in [3.05, 3.63) is 52.7 Å². The van der Waals surface area contributed by atoms with E-state index >= 15 is 0 Å². The Morgan fingerprint density at radius 1 is 1.22 bits per heavy atom. The van der Waals surface area contributed by atoms with E-state index in [4.69, 9.17) is 11.6 Å². The molecule has 0 unspecified atom stereocenters. The molecule has 2 aromatic rings. The molecule has 0 amide bonds. The maximum absolute atomic E-state index is 13.9. The van der Waals surface area contributed by atoms with Crippen molar-refractivity contribution in [3.63, 3.8) is 0 Å². The van der Waals surface area contributed by atoms with Gasteiger partial charge in [0, 0.05) is 18.2 Å². The van der Waals surface area contributed by atoms with Crippen LogP contribution in [0.5, 0.6) is 0 Å². The molecule has 2 rings (SSSR count). The highest BCUT2D eigenvalue weighted by Crippen LogP contribution is 2.27. The zero-order chi connectivity index (χ0) is 17.0. The number of rotatable bonds is 6. The van der Waals surface area contributed by atoms with Gasteiger partial charge in [-0.3, -0.25) is 0 Å². The Morgan fingerprint density at radius 2 is 1.96 bits per heavy atom. The highest BCUT2D eigenvalue weighted by atomic mass is 35.5. The van der Waals surface area contributed by atoms with Crippen LogP contribution < -0.4 is 5.32 Å². The third-order valence-electron chi connectivity index (χ3n) is 3.66.